The predicted octanol–water partition coefficient (Wildman–Crippen LogP) is 2.74. The Bertz CT molecular complexity index is 694. The molecule has 2 aliphatic heterocycles. The summed E-state index contributed by atoms with van der Waals surface area (Å²) in [7, 11) is 0. The highest BCUT2D eigenvalue weighted by Crippen LogP contribution is 2.18. The summed E-state index contributed by atoms with van der Waals surface area (Å²) in [5.41, 5.74) is 2.40. The number of piperidine rings is 1. The Morgan fingerprint density at radius 2 is 1.90 bits per heavy atom. The van der Waals surface area contributed by atoms with Gasteiger partial charge < -0.3 is 20.4 Å². The Balaban J connectivity index is 1.61. The first kappa shape index (κ1) is 21.6. The lowest BCUT2D eigenvalue weighted by Gasteiger charge is -2.35. The first-order valence-electron chi connectivity index (χ1n) is 11.2. The molecule has 2 N–H and O–H groups in total. The zero-order chi connectivity index (χ0) is 20.6. The quantitative estimate of drug-likeness (QED) is 0.547. The molecule has 0 unspecified atom stereocenters. The van der Waals surface area contributed by atoms with E-state index in [1.807, 2.05) is 4.90 Å². The van der Waals surface area contributed by atoms with Gasteiger partial charge in [-0.25, -0.2) is 4.99 Å². The molecule has 29 heavy (non-hydrogen) atoms. The number of nitrogens with zero attached hydrogens (tertiary/aromatic N) is 3. The molecule has 0 bridgehead atoms. The number of nitrogens with one attached hydrogen (secondary N) is 2. The van der Waals surface area contributed by atoms with Crippen molar-refractivity contribution in [2.24, 2.45) is 4.99 Å². The van der Waals surface area contributed by atoms with E-state index in [2.05, 4.69) is 60.6 Å². The number of benzene rings is 1. The van der Waals surface area contributed by atoms with Crippen molar-refractivity contribution in [3.05, 3.63) is 35.4 Å². The van der Waals surface area contributed by atoms with Crippen LogP contribution in [0.1, 0.15) is 57.6 Å². The molecule has 0 radical (unpaired) electrons. The highest BCUT2D eigenvalue weighted by molar-refractivity contribution is 5.80. The van der Waals surface area contributed by atoms with Crippen molar-refractivity contribution in [3.8, 4) is 0 Å². The van der Waals surface area contributed by atoms with Gasteiger partial charge in [-0.2, -0.15) is 0 Å². The Kier molecular flexibility index (Phi) is 7.92. The van der Waals surface area contributed by atoms with Crippen LogP contribution in [0.25, 0.3) is 0 Å². The normalized spacial score (nSPS) is 19.2. The third-order valence-corrected chi connectivity index (χ3v) is 6.00. The first-order chi connectivity index (χ1) is 14.1. The van der Waals surface area contributed by atoms with Crippen LogP contribution in [0.4, 0.5) is 0 Å². The number of hydrogen-bond donors (Lipinski definition) is 2. The summed E-state index contributed by atoms with van der Waals surface area (Å²) in [5, 5.41) is 7.03. The molecule has 2 saturated heterocycles. The third kappa shape index (κ3) is 6.20. The fraction of sp³-hybridized carbons (Fsp3) is 0.652. The van der Waals surface area contributed by atoms with Crippen LogP contribution in [0.3, 0.4) is 0 Å². The highest BCUT2D eigenvalue weighted by atomic mass is 16.2. The minimum absolute atomic E-state index is 0.269. The monoisotopic (exact) mass is 399 g/mol. The molecule has 0 atom stereocenters. The van der Waals surface area contributed by atoms with E-state index < -0.39 is 0 Å². The lowest BCUT2D eigenvalue weighted by Crippen LogP contribution is -2.49. The predicted molar refractivity (Wildman–Crippen MR) is 119 cm³/mol. The van der Waals surface area contributed by atoms with E-state index >= 15 is 0 Å². The molecule has 3 rings (SSSR count). The largest absolute Gasteiger partial charge is 0.357 e. The number of aliphatic imine (C=N–C) groups is 1. The summed E-state index contributed by atoms with van der Waals surface area (Å²) in [6.45, 7) is 12.0. The van der Waals surface area contributed by atoms with Crippen molar-refractivity contribution >= 4 is 11.9 Å². The van der Waals surface area contributed by atoms with Gasteiger partial charge in [0, 0.05) is 51.2 Å². The van der Waals surface area contributed by atoms with Gasteiger partial charge in [0.25, 0.3) is 0 Å². The molecule has 2 fully saturated rings. The Morgan fingerprint density at radius 1 is 1.17 bits per heavy atom. The molecule has 1 aromatic carbocycles. The van der Waals surface area contributed by atoms with Crippen molar-refractivity contribution in [2.45, 2.75) is 71.6 Å². The van der Waals surface area contributed by atoms with Crippen molar-refractivity contribution in [1.29, 1.82) is 0 Å². The van der Waals surface area contributed by atoms with Crippen LogP contribution in [0, 0.1) is 0 Å². The Morgan fingerprint density at radius 3 is 2.52 bits per heavy atom. The lowest BCUT2D eigenvalue weighted by molar-refractivity contribution is -0.128. The summed E-state index contributed by atoms with van der Waals surface area (Å²) in [5.74, 6) is 1.16. The van der Waals surface area contributed by atoms with Gasteiger partial charge in [0.15, 0.2) is 5.96 Å². The van der Waals surface area contributed by atoms with Crippen LogP contribution in [0.2, 0.25) is 0 Å². The van der Waals surface area contributed by atoms with Gasteiger partial charge in [0.05, 0.1) is 6.54 Å². The topological polar surface area (TPSA) is 60.0 Å². The molecule has 0 saturated carbocycles. The number of rotatable bonds is 7. The van der Waals surface area contributed by atoms with Crippen molar-refractivity contribution in [2.75, 3.05) is 26.2 Å². The third-order valence-electron chi connectivity index (χ3n) is 6.00. The summed E-state index contributed by atoms with van der Waals surface area (Å²) >= 11 is 0. The second-order valence-corrected chi connectivity index (χ2v) is 8.43. The second kappa shape index (κ2) is 10.6. The maximum atomic E-state index is 12.0. The Labute approximate surface area is 175 Å². The maximum absolute atomic E-state index is 12.0. The fourth-order valence-corrected chi connectivity index (χ4v) is 4.18. The van der Waals surface area contributed by atoms with Crippen LogP contribution < -0.4 is 10.6 Å². The van der Waals surface area contributed by atoms with Crippen LogP contribution in [-0.2, 0) is 17.9 Å². The van der Waals surface area contributed by atoms with Gasteiger partial charge >= 0.3 is 0 Å². The standard InChI is InChI=1S/C23H37N5O/c1-4-24-23(26-21-11-14-27(15-12-21)18(2)3)25-16-19-8-5-6-9-20(19)17-28-13-7-10-22(28)29/h5-6,8-9,18,21H,4,7,10-17H2,1-3H3,(H2,24,25,26). The molecular weight excluding hydrogens is 362 g/mol. The van der Waals surface area contributed by atoms with Gasteiger partial charge in [0.1, 0.15) is 0 Å². The smallest absolute Gasteiger partial charge is 0.222 e. The molecule has 2 heterocycles. The summed E-state index contributed by atoms with van der Waals surface area (Å²) in [6.07, 6.45) is 3.96. The molecule has 160 valence electrons. The van der Waals surface area contributed by atoms with E-state index in [0.29, 0.717) is 31.6 Å². The molecule has 0 spiro atoms. The molecule has 6 nitrogen and oxygen atoms in total. The molecule has 0 aromatic heterocycles. The van der Waals surface area contributed by atoms with Gasteiger partial charge in [-0.3, -0.25) is 4.79 Å². The van der Waals surface area contributed by atoms with Crippen molar-refractivity contribution in [1.82, 2.24) is 20.4 Å². The number of amides is 1. The minimum atomic E-state index is 0.269. The SMILES string of the molecule is CCNC(=NCc1ccccc1CN1CCCC1=O)NC1CCN(C(C)C)CC1. The minimum Gasteiger partial charge on any atom is -0.357 e. The summed E-state index contributed by atoms with van der Waals surface area (Å²) in [6, 6.07) is 9.46. The number of likely N-dealkylation sites (tertiary alicyclic amines) is 2. The molecule has 6 heteroatoms. The number of hydrogen-bond acceptors (Lipinski definition) is 3. The molecule has 2 aliphatic rings. The average molecular weight is 400 g/mol. The summed E-state index contributed by atoms with van der Waals surface area (Å²) < 4.78 is 0. The van der Waals surface area contributed by atoms with Gasteiger partial charge in [-0.05, 0) is 51.2 Å². The van der Waals surface area contributed by atoms with E-state index in [-0.39, 0.29) is 5.91 Å². The summed E-state index contributed by atoms with van der Waals surface area (Å²) in [4.78, 5) is 21.4. The Hall–Kier alpha value is -2.08. The van der Waals surface area contributed by atoms with Crippen LogP contribution >= 0.6 is 0 Å². The molecule has 0 aliphatic carbocycles. The van der Waals surface area contributed by atoms with Crippen molar-refractivity contribution < 1.29 is 4.79 Å². The zero-order valence-electron chi connectivity index (χ0n) is 18.3. The lowest BCUT2D eigenvalue weighted by atomic mass is 10.0. The molecule has 1 amide bonds. The van der Waals surface area contributed by atoms with E-state index in [9.17, 15) is 4.79 Å². The first-order valence-corrected chi connectivity index (χ1v) is 11.2. The van der Waals surface area contributed by atoms with Crippen LogP contribution in [0.5, 0.6) is 0 Å². The van der Waals surface area contributed by atoms with E-state index in [1.54, 1.807) is 0 Å². The second-order valence-electron chi connectivity index (χ2n) is 8.43. The van der Waals surface area contributed by atoms with Crippen molar-refractivity contribution in [3.63, 3.8) is 0 Å². The number of carbonyl (C=O) groups is 1. The maximum Gasteiger partial charge on any atom is 0.222 e. The van der Waals surface area contributed by atoms with E-state index in [0.717, 1.165) is 51.4 Å². The average Bonchev–Trinajstić information content (AvgIpc) is 3.12. The van der Waals surface area contributed by atoms with Gasteiger partial charge in [-0.15, -0.1) is 0 Å². The molecular formula is C23H37N5O. The fourth-order valence-electron chi connectivity index (χ4n) is 4.18. The number of carbonyl (C=O) groups excluding carboxylic acids is 1. The van der Waals surface area contributed by atoms with Crippen LogP contribution in [-0.4, -0.2) is 59.9 Å². The zero-order valence-corrected chi connectivity index (χ0v) is 18.3. The number of guanidine groups is 1. The van der Waals surface area contributed by atoms with Crippen LogP contribution in [0.15, 0.2) is 29.3 Å². The van der Waals surface area contributed by atoms with Gasteiger partial charge in [0.2, 0.25) is 5.91 Å². The van der Waals surface area contributed by atoms with E-state index in [1.165, 1.54) is 11.1 Å². The molecule has 1 aromatic rings. The van der Waals surface area contributed by atoms with Gasteiger partial charge in [-0.1, -0.05) is 24.3 Å². The van der Waals surface area contributed by atoms with E-state index in [4.69, 9.17) is 4.99 Å². The highest BCUT2D eigenvalue weighted by Gasteiger charge is 2.22.